The Labute approximate surface area is 144 Å². The summed E-state index contributed by atoms with van der Waals surface area (Å²) in [6, 6.07) is 8.36. The Morgan fingerprint density at radius 3 is 2.62 bits per heavy atom. The third-order valence-electron chi connectivity index (χ3n) is 5.21. The second-order valence-electron chi connectivity index (χ2n) is 6.96. The van der Waals surface area contributed by atoms with Gasteiger partial charge in [0, 0.05) is 13.1 Å². The Balaban J connectivity index is 1.36. The highest BCUT2D eigenvalue weighted by molar-refractivity contribution is 5.81. The van der Waals surface area contributed by atoms with Crippen LogP contribution in [0.25, 0.3) is 0 Å². The molecule has 1 atom stereocenters. The molecule has 5 nitrogen and oxygen atoms in total. The number of ether oxygens (including phenoxy) is 1. The zero-order valence-corrected chi connectivity index (χ0v) is 14.6. The standard InChI is InChI=1S/C19H29N3O2/c1-24-17-6-4-16(5-7-17)14-22-11-8-15(9-12-22)13-21-19(23)18-3-2-10-20-18/h4-7,15,18,20H,2-3,8-14H2,1H3,(H,21,23)/t18-/m0/s1. The van der Waals surface area contributed by atoms with Crippen molar-refractivity contribution < 1.29 is 9.53 Å². The molecule has 0 radical (unpaired) electrons. The van der Waals surface area contributed by atoms with Gasteiger partial charge in [0.25, 0.3) is 0 Å². The lowest BCUT2D eigenvalue weighted by Gasteiger charge is -2.32. The molecule has 1 aromatic carbocycles. The molecule has 2 fully saturated rings. The van der Waals surface area contributed by atoms with Crippen LogP contribution in [-0.4, -0.2) is 50.1 Å². The number of benzene rings is 1. The SMILES string of the molecule is COc1ccc(CN2CCC(CNC(=O)[C@@H]3CCCN3)CC2)cc1. The largest absolute Gasteiger partial charge is 0.497 e. The predicted molar refractivity (Wildman–Crippen MR) is 95.0 cm³/mol. The van der Waals surface area contributed by atoms with E-state index in [2.05, 4.69) is 27.7 Å². The molecule has 2 aliphatic heterocycles. The summed E-state index contributed by atoms with van der Waals surface area (Å²) in [5, 5.41) is 6.40. The van der Waals surface area contributed by atoms with Crippen LogP contribution in [0, 0.1) is 5.92 Å². The van der Waals surface area contributed by atoms with Crippen molar-refractivity contribution in [1.29, 1.82) is 0 Å². The van der Waals surface area contributed by atoms with Crippen molar-refractivity contribution in [2.24, 2.45) is 5.92 Å². The van der Waals surface area contributed by atoms with Gasteiger partial charge in [0.1, 0.15) is 5.75 Å². The van der Waals surface area contributed by atoms with Gasteiger partial charge in [0.15, 0.2) is 0 Å². The number of nitrogens with zero attached hydrogens (tertiary/aromatic N) is 1. The van der Waals surface area contributed by atoms with Crippen LogP contribution in [0.2, 0.25) is 0 Å². The van der Waals surface area contributed by atoms with Crippen LogP contribution >= 0.6 is 0 Å². The highest BCUT2D eigenvalue weighted by Gasteiger charge is 2.24. The zero-order chi connectivity index (χ0) is 16.8. The maximum Gasteiger partial charge on any atom is 0.237 e. The van der Waals surface area contributed by atoms with Crippen molar-refractivity contribution in [2.45, 2.75) is 38.3 Å². The highest BCUT2D eigenvalue weighted by atomic mass is 16.5. The van der Waals surface area contributed by atoms with Gasteiger partial charge in [-0.2, -0.15) is 0 Å². The minimum atomic E-state index is 0.0418. The maximum atomic E-state index is 12.1. The lowest BCUT2D eigenvalue weighted by Crippen LogP contribution is -2.44. The molecule has 0 spiro atoms. The first-order valence-electron chi connectivity index (χ1n) is 9.11. The first-order chi connectivity index (χ1) is 11.7. The van der Waals surface area contributed by atoms with Gasteiger partial charge in [-0.3, -0.25) is 9.69 Å². The first-order valence-corrected chi connectivity index (χ1v) is 9.11. The van der Waals surface area contributed by atoms with Gasteiger partial charge in [-0.05, 0) is 68.9 Å². The molecule has 1 amide bonds. The van der Waals surface area contributed by atoms with Crippen LogP contribution in [0.4, 0.5) is 0 Å². The molecule has 5 heteroatoms. The van der Waals surface area contributed by atoms with Crippen molar-refractivity contribution in [3.63, 3.8) is 0 Å². The Hall–Kier alpha value is -1.59. The van der Waals surface area contributed by atoms with Gasteiger partial charge in [0.05, 0.1) is 13.2 Å². The van der Waals surface area contributed by atoms with E-state index in [9.17, 15) is 4.79 Å². The predicted octanol–water partition coefficient (Wildman–Crippen LogP) is 1.78. The van der Waals surface area contributed by atoms with Crippen LogP contribution in [0.15, 0.2) is 24.3 Å². The Kier molecular flexibility index (Phi) is 6.10. The molecule has 0 saturated carbocycles. The average Bonchev–Trinajstić information content (AvgIpc) is 3.16. The van der Waals surface area contributed by atoms with E-state index in [0.29, 0.717) is 5.92 Å². The number of hydrogen-bond acceptors (Lipinski definition) is 4. The van der Waals surface area contributed by atoms with Gasteiger partial charge in [-0.25, -0.2) is 0 Å². The summed E-state index contributed by atoms with van der Waals surface area (Å²) in [4.78, 5) is 14.6. The number of amides is 1. The minimum Gasteiger partial charge on any atom is -0.497 e. The van der Waals surface area contributed by atoms with Crippen molar-refractivity contribution >= 4 is 5.91 Å². The number of methoxy groups -OCH3 is 1. The van der Waals surface area contributed by atoms with E-state index in [1.807, 2.05) is 12.1 Å². The van der Waals surface area contributed by atoms with Crippen molar-refractivity contribution in [3.8, 4) is 5.75 Å². The molecule has 0 aromatic heterocycles. The second kappa shape index (κ2) is 8.49. The molecule has 2 N–H and O–H groups in total. The summed E-state index contributed by atoms with van der Waals surface area (Å²) in [6.45, 7) is 5.01. The highest BCUT2D eigenvalue weighted by Crippen LogP contribution is 2.20. The maximum absolute atomic E-state index is 12.1. The molecule has 3 rings (SSSR count). The summed E-state index contributed by atoms with van der Waals surface area (Å²) in [7, 11) is 1.70. The fraction of sp³-hybridized carbons (Fsp3) is 0.632. The van der Waals surface area contributed by atoms with E-state index < -0.39 is 0 Å². The number of carbonyl (C=O) groups is 1. The second-order valence-corrected chi connectivity index (χ2v) is 6.96. The number of nitrogens with one attached hydrogen (secondary N) is 2. The number of hydrogen-bond donors (Lipinski definition) is 2. The van der Waals surface area contributed by atoms with Crippen LogP contribution in [0.3, 0.4) is 0 Å². The van der Waals surface area contributed by atoms with Gasteiger partial charge >= 0.3 is 0 Å². The van der Waals surface area contributed by atoms with E-state index in [-0.39, 0.29) is 11.9 Å². The van der Waals surface area contributed by atoms with Crippen molar-refractivity contribution in [3.05, 3.63) is 29.8 Å². The number of piperidine rings is 1. The lowest BCUT2D eigenvalue weighted by atomic mass is 9.96. The monoisotopic (exact) mass is 331 g/mol. The molecule has 2 aliphatic rings. The molecule has 2 saturated heterocycles. The Bertz CT molecular complexity index is 518. The molecular weight excluding hydrogens is 302 g/mol. The van der Waals surface area contributed by atoms with E-state index >= 15 is 0 Å². The van der Waals surface area contributed by atoms with Gasteiger partial charge in [0.2, 0.25) is 5.91 Å². The smallest absolute Gasteiger partial charge is 0.237 e. The summed E-state index contributed by atoms with van der Waals surface area (Å²) >= 11 is 0. The van der Waals surface area contributed by atoms with E-state index in [0.717, 1.165) is 64.2 Å². The van der Waals surface area contributed by atoms with Gasteiger partial charge < -0.3 is 15.4 Å². The number of rotatable bonds is 6. The topological polar surface area (TPSA) is 53.6 Å². The third kappa shape index (κ3) is 4.71. The van der Waals surface area contributed by atoms with E-state index in [4.69, 9.17) is 4.74 Å². The van der Waals surface area contributed by atoms with Crippen LogP contribution in [0.5, 0.6) is 5.75 Å². The van der Waals surface area contributed by atoms with E-state index in [1.165, 1.54) is 5.56 Å². The molecular formula is C19H29N3O2. The molecule has 0 aliphatic carbocycles. The van der Waals surface area contributed by atoms with Crippen molar-refractivity contribution in [2.75, 3.05) is 33.3 Å². The Morgan fingerprint density at radius 2 is 2.00 bits per heavy atom. The van der Waals surface area contributed by atoms with Gasteiger partial charge in [-0.1, -0.05) is 12.1 Å². The fourth-order valence-corrected chi connectivity index (χ4v) is 3.61. The van der Waals surface area contributed by atoms with Crippen LogP contribution in [0.1, 0.15) is 31.2 Å². The molecule has 24 heavy (non-hydrogen) atoms. The Morgan fingerprint density at radius 1 is 1.25 bits per heavy atom. The third-order valence-corrected chi connectivity index (χ3v) is 5.21. The molecule has 0 unspecified atom stereocenters. The molecule has 1 aromatic rings. The number of carbonyl (C=O) groups excluding carboxylic acids is 1. The molecule has 0 bridgehead atoms. The lowest BCUT2D eigenvalue weighted by molar-refractivity contribution is -0.123. The first kappa shape index (κ1) is 17.2. The van der Waals surface area contributed by atoms with Crippen LogP contribution in [-0.2, 0) is 11.3 Å². The molecule has 2 heterocycles. The fourth-order valence-electron chi connectivity index (χ4n) is 3.61. The average molecular weight is 331 g/mol. The minimum absolute atomic E-state index is 0.0418. The van der Waals surface area contributed by atoms with E-state index in [1.54, 1.807) is 7.11 Å². The summed E-state index contributed by atoms with van der Waals surface area (Å²) < 4.78 is 5.20. The summed E-state index contributed by atoms with van der Waals surface area (Å²) in [5.41, 5.74) is 1.33. The number of likely N-dealkylation sites (tertiary alicyclic amines) is 1. The van der Waals surface area contributed by atoms with Crippen LogP contribution < -0.4 is 15.4 Å². The zero-order valence-electron chi connectivity index (χ0n) is 14.6. The quantitative estimate of drug-likeness (QED) is 0.834. The summed E-state index contributed by atoms with van der Waals surface area (Å²) in [5.74, 6) is 1.71. The van der Waals surface area contributed by atoms with Crippen molar-refractivity contribution in [1.82, 2.24) is 15.5 Å². The normalized spacial score (nSPS) is 22.5. The van der Waals surface area contributed by atoms with Gasteiger partial charge in [-0.15, -0.1) is 0 Å². The molecule has 132 valence electrons. The summed E-state index contributed by atoms with van der Waals surface area (Å²) in [6.07, 6.45) is 4.41.